The van der Waals surface area contributed by atoms with Gasteiger partial charge in [-0.15, -0.1) is 0 Å². The van der Waals surface area contributed by atoms with E-state index in [0.29, 0.717) is 0 Å². The molecule has 1 amide bonds. The molecular weight excluding hydrogens is 409 g/mol. The predicted octanol–water partition coefficient (Wildman–Crippen LogP) is 3.70. The first-order valence-electron chi connectivity index (χ1n) is 5.78. The number of hydrogen-bond donors (Lipinski definition) is 2. The van der Waals surface area contributed by atoms with E-state index in [-0.39, 0.29) is 16.4 Å². The largest absolute Gasteiger partial charge is 0.330 e. The standard InChI is InChI=1S/C14H9F2IN2OS/c15-9-3-1-2-8(6-9)13(20)19-14(21)18-12-5-4-10(17)7-11(12)16/h1-7H,(H2,18,19,20,21). The van der Waals surface area contributed by atoms with Gasteiger partial charge >= 0.3 is 0 Å². The lowest BCUT2D eigenvalue weighted by atomic mass is 10.2. The van der Waals surface area contributed by atoms with Crippen molar-refractivity contribution in [3.8, 4) is 0 Å². The number of nitrogens with one attached hydrogen (secondary N) is 2. The third kappa shape index (κ3) is 4.43. The fourth-order valence-electron chi connectivity index (χ4n) is 1.55. The first kappa shape index (κ1) is 15.8. The second-order valence-electron chi connectivity index (χ2n) is 4.04. The number of amides is 1. The van der Waals surface area contributed by atoms with Crippen LogP contribution in [0.15, 0.2) is 42.5 Å². The Kier molecular flexibility index (Phi) is 5.18. The fourth-order valence-corrected chi connectivity index (χ4v) is 2.21. The second kappa shape index (κ2) is 6.90. The van der Waals surface area contributed by atoms with Gasteiger partial charge in [0.15, 0.2) is 5.11 Å². The Bertz CT molecular complexity index is 709. The van der Waals surface area contributed by atoms with Crippen molar-refractivity contribution in [2.45, 2.75) is 0 Å². The van der Waals surface area contributed by atoms with Gasteiger partial charge in [-0.3, -0.25) is 10.1 Å². The average molecular weight is 418 g/mol. The van der Waals surface area contributed by atoms with E-state index >= 15 is 0 Å². The molecule has 0 aliphatic heterocycles. The zero-order valence-electron chi connectivity index (χ0n) is 10.5. The van der Waals surface area contributed by atoms with Crippen LogP contribution in [0.5, 0.6) is 0 Å². The van der Waals surface area contributed by atoms with E-state index in [0.717, 1.165) is 9.64 Å². The molecule has 0 atom stereocenters. The molecule has 2 aromatic rings. The van der Waals surface area contributed by atoms with Gasteiger partial charge in [0.05, 0.1) is 5.69 Å². The van der Waals surface area contributed by atoms with Gasteiger partial charge in [-0.05, 0) is 71.2 Å². The summed E-state index contributed by atoms with van der Waals surface area (Å²) >= 11 is 6.91. The molecule has 2 N–H and O–H groups in total. The van der Waals surface area contributed by atoms with Gasteiger partial charge in [-0.25, -0.2) is 8.78 Å². The molecule has 0 unspecified atom stereocenters. The van der Waals surface area contributed by atoms with Crippen molar-refractivity contribution in [1.29, 1.82) is 0 Å². The normalized spacial score (nSPS) is 10.0. The monoisotopic (exact) mass is 418 g/mol. The van der Waals surface area contributed by atoms with Crippen LogP contribution in [-0.2, 0) is 0 Å². The van der Waals surface area contributed by atoms with Crippen LogP contribution in [0.1, 0.15) is 10.4 Å². The summed E-state index contributed by atoms with van der Waals surface area (Å²) in [5.41, 5.74) is 0.280. The Hall–Kier alpha value is -1.61. The molecule has 108 valence electrons. The van der Waals surface area contributed by atoms with Gasteiger partial charge in [0.25, 0.3) is 5.91 Å². The number of halogens is 3. The lowest BCUT2D eigenvalue weighted by Crippen LogP contribution is -2.34. The number of anilines is 1. The van der Waals surface area contributed by atoms with Gasteiger partial charge in [0.1, 0.15) is 11.6 Å². The summed E-state index contributed by atoms with van der Waals surface area (Å²) < 4.78 is 27.4. The summed E-state index contributed by atoms with van der Waals surface area (Å²) in [6, 6.07) is 9.73. The molecule has 0 saturated heterocycles. The molecule has 0 heterocycles. The van der Waals surface area contributed by atoms with Crippen molar-refractivity contribution in [1.82, 2.24) is 5.32 Å². The van der Waals surface area contributed by atoms with E-state index in [1.165, 1.54) is 30.3 Å². The highest BCUT2D eigenvalue weighted by molar-refractivity contribution is 14.1. The van der Waals surface area contributed by atoms with E-state index < -0.39 is 17.5 Å². The summed E-state index contributed by atoms with van der Waals surface area (Å²) in [4.78, 5) is 11.8. The highest BCUT2D eigenvalue weighted by atomic mass is 127. The summed E-state index contributed by atoms with van der Waals surface area (Å²) in [6.45, 7) is 0. The Morgan fingerprint density at radius 2 is 1.90 bits per heavy atom. The first-order valence-corrected chi connectivity index (χ1v) is 7.27. The third-order valence-electron chi connectivity index (χ3n) is 2.49. The first-order chi connectivity index (χ1) is 9.95. The number of carbonyl (C=O) groups excluding carboxylic acids is 1. The smallest absolute Gasteiger partial charge is 0.257 e. The molecule has 0 aliphatic rings. The van der Waals surface area contributed by atoms with Crippen molar-refractivity contribution in [2.24, 2.45) is 0 Å². The maximum Gasteiger partial charge on any atom is 0.257 e. The van der Waals surface area contributed by atoms with Crippen LogP contribution in [0, 0.1) is 15.2 Å². The van der Waals surface area contributed by atoms with Crippen molar-refractivity contribution in [2.75, 3.05) is 5.32 Å². The second-order valence-corrected chi connectivity index (χ2v) is 5.70. The molecular formula is C14H9F2IN2OS. The van der Waals surface area contributed by atoms with Crippen LogP contribution in [0.4, 0.5) is 14.5 Å². The fraction of sp³-hybridized carbons (Fsp3) is 0. The molecule has 3 nitrogen and oxygen atoms in total. The molecule has 21 heavy (non-hydrogen) atoms. The van der Waals surface area contributed by atoms with Crippen LogP contribution in [0.3, 0.4) is 0 Å². The zero-order valence-corrected chi connectivity index (χ0v) is 13.5. The number of benzene rings is 2. The van der Waals surface area contributed by atoms with Crippen LogP contribution >= 0.6 is 34.8 Å². The van der Waals surface area contributed by atoms with Crippen molar-refractivity contribution in [3.05, 3.63) is 63.2 Å². The topological polar surface area (TPSA) is 41.1 Å². The third-order valence-corrected chi connectivity index (χ3v) is 3.37. The maximum atomic E-state index is 13.6. The van der Waals surface area contributed by atoms with Crippen LogP contribution in [0.2, 0.25) is 0 Å². The molecule has 0 spiro atoms. The molecule has 0 aromatic heterocycles. The van der Waals surface area contributed by atoms with E-state index in [1.54, 1.807) is 6.07 Å². The van der Waals surface area contributed by atoms with E-state index in [4.69, 9.17) is 12.2 Å². The minimum Gasteiger partial charge on any atom is -0.330 e. The predicted molar refractivity (Wildman–Crippen MR) is 89.2 cm³/mol. The maximum absolute atomic E-state index is 13.6. The van der Waals surface area contributed by atoms with Gasteiger partial charge in [0.2, 0.25) is 0 Å². The minimum atomic E-state index is -0.571. The SMILES string of the molecule is O=C(NC(=S)Nc1ccc(I)cc1F)c1cccc(F)c1. The summed E-state index contributed by atoms with van der Waals surface area (Å²) in [6.07, 6.45) is 0. The van der Waals surface area contributed by atoms with E-state index in [1.807, 2.05) is 22.6 Å². The Morgan fingerprint density at radius 1 is 1.14 bits per heavy atom. The average Bonchev–Trinajstić information content (AvgIpc) is 2.42. The highest BCUT2D eigenvalue weighted by Gasteiger charge is 2.10. The summed E-state index contributed by atoms with van der Waals surface area (Å²) in [5, 5.41) is 4.87. The van der Waals surface area contributed by atoms with E-state index in [9.17, 15) is 13.6 Å². The van der Waals surface area contributed by atoms with Crippen molar-refractivity contribution in [3.63, 3.8) is 0 Å². The molecule has 0 bridgehead atoms. The van der Waals surface area contributed by atoms with Crippen molar-refractivity contribution < 1.29 is 13.6 Å². The molecule has 2 rings (SSSR count). The number of hydrogen-bond acceptors (Lipinski definition) is 2. The highest BCUT2D eigenvalue weighted by Crippen LogP contribution is 2.16. The molecule has 0 aliphatic carbocycles. The van der Waals surface area contributed by atoms with Gasteiger partial charge in [0, 0.05) is 9.13 Å². The zero-order chi connectivity index (χ0) is 15.4. The van der Waals surface area contributed by atoms with Crippen LogP contribution in [0.25, 0.3) is 0 Å². The quantitative estimate of drug-likeness (QED) is 0.578. The number of carbonyl (C=O) groups is 1. The minimum absolute atomic E-state index is 0.0654. The lowest BCUT2D eigenvalue weighted by molar-refractivity contribution is 0.0977. The Morgan fingerprint density at radius 3 is 2.57 bits per heavy atom. The molecule has 2 aromatic carbocycles. The lowest BCUT2D eigenvalue weighted by Gasteiger charge is -2.10. The molecule has 0 fully saturated rings. The molecule has 7 heteroatoms. The Balaban J connectivity index is 2.03. The molecule has 0 radical (unpaired) electrons. The number of thiocarbonyl (C=S) groups is 1. The molecule has 0 saturated carbocycles. The number of rotatable bonds is 2. The van der Waals surface area contributed by atoms with Gasteiger partial charge in [-0.1, -0.05) is 6.07 Å². The van der Waals surface area contributed by atoms with Crippen LogP contribution < -0.4 is 10.6 Å². The van der Waals surface area contributed by atoms with E-state index in [2.05, 4.69) is 10.6 Å². The van der Waals surface area contributed by atoms with Gasteiger partial charge < -0.3 is 5.32 Å². The summed E-state index contributed by atoms with van der Waals surface area (Å²) in [7, 11) is 0. The van der Waals surface area contributed by atoms with Crippen LogP contribution in [-0.4, -0.2) is 11.0 Å². The van der Waals surface area contributed by atoms with Gasteiger partial charge in [-0.2, -0.15) is 0 Å². The summed E-state index contributed by atoms with van der Waals surface area (Å²) in [5.74, 6) is -1.58. The van der Waals surface area contributed by atoms with Crippen molar-refractivity contribution >= 4 is 51.5 Å². The Labute approximate surface area is 138 Å².